The number of rotatable bonds is 2. The van der Waals surface area contributed by atoms with Crippen molar-refractivity contribution in [2.75, 3.05) is 0 Å². The van der Waals surface area contributed by atoms with E-state index in [1.165, 1.54) is 0 Å². The Morgan fingerprint density at radius 3 is 2.17 bits per heavy atom. The first kappa shape index (κ1) is 6.59. The van der Waals surface area contributed by atoms with Gasteiger partial charge in [-0.3, -0.25) is 0 Å². The van der Waals surface area contributed by atoms with E-state index in [-0.39, 0.29) is 8.69 Å². The highest BCUT2D eigenvalue weighted by molar-refractivity contribution is 7.19. The summed E-state index contributed by atoms with van der Waals surface area (Å²) in [5, 5.41) is 0. The van der Waals surface area contributed by atoms with Crippen molar-refractivity contribution in [1.82, 2.24) is 0 Å². The third-order valence-corrected chi connectivity index (χ3v) is 2.28. The van der Waals surface area contributed by atoms with Gasteiger partial charge in [0.05, 0.1) is 0 Å². The van der Waals surface area contributed by atoms with Gasteiger partial charge in [0.2, 0.25) is 0 Å². The molecule has 0 atom stereocenters. The Labute approximate surface area is 43.5 Å². The first-order chi connectivity index (χ1) is 2.77. The van der Waals surface area contributed by atoms with E-state index in [2.05, 4.69) is 3.58 Å². The molecule has 0 saturated carbocycles. The summed E-state index contributed by atoms with van der Waals surface area (Å²) in [7, 11) is -0.164. The highest BCUT2D eigenvalue weighted by atomic mass is 31.1. The maximum absolute atomic E-state index is 9.52. The van der Waals surface area contributed by atoms with Crippen LogP contribution in [0.4, 0.5) is 0 Å². The van der Waals surface area contributed by atoms with Crippen LogP contribution in [0, 0.1) is 0 Å². The molecule has 0 spiro atoms. The number of hydrogen-bond acceptors (Lipinski definition) is 2. The Bertz CT molecular complexity index is 46.8. The monoisotopic (exact) mass is 120 g/mol. The van der Waals surface area contributed by atoms with Crippen LogP contribution in [0.5, 0.6) is 0 Å². The largest absolute Gasteiger partial charge is 0.469 e. The summed E-state index contributed by atoms with van der Waals surface area (Å²) >= 11 is -0.995. The molecule has 0 radical (unpaired) electrons. The topological polar surface area (TPSA) is 26.3 Å². The molecular weight excluding hydrogens is 114 g/mol. The minimum Gasteiger partial charge on any atom is -0.421 e. The molecule has 2 nitrogen and oxygen atoms in total. The van der Waals surface area contributed by atoms with E-state index in [1.807, 2.05) is 11.6 Å². The van der Waals surface area contributed by atoms with E-state index >= 15 is 0 Å². The molecule has 0 aliphatic carbocycles. The van der Waals surface area contributed by atoms with E-state index < -0.39 is 14.5 Å². The second-order valence-electron chi connectivity index (χ2n) is 1.23. The van der Waals surface area contributed by atoms with Crippen LogP contribution in [0.2, 0.25) is 11.6 Å². The molecule has 0 aromatic rings. The summed E-state index contributed by atoms with van der Waals surface area (Å²) in [5.41, 5.74) is 0. The van der Waals surface area contributed by atoms with Gasteiger partial charge in [0.15, 0.2) is 0 Å². The van der Waals surface area contributed by atoms with Crippen molar-refractivity contribution in [2.24, 2.45) is 0 Å². The minimum atomic E-state index is -0.995. The molecule has 0 bridgehead atoms. The smallest absolute Gasteiger partial charge is 0.421 e. The standard InChI is InChI=1S/2CH3.Al.HO2P/c;;;1-3-2/h2*1H3;;(H,1,2)/q;;+1;/p-1. The molecule has 0 unspecified atom stereocenters. The maximum Gasteiger partial charge on any atom is 0.469 e. The van der Waals surface area contributed by atoms with Crippen LogP contribution in [-0.4, -0.2) is 14.5 Å². The van der Waals surface area contributed by atoms with Gasteiger partial charge in [-0.15, -0.1) is 0 Å². The molecule has 0 fully saturated rings. The van der Waals surface area contributed by atoms with Crippen molar-refractivity contribution < 1.29 is 8.14 Å². The average Bonchev–Trinajstić information content (AvgIpc) is 1.35. The Morgan fingerprint density at radius 2 is 2.17 bits per heavy atom. The molecule has 0 aromatic heterocycles. The summed E-state index contributed by atoms with van der Waals surface area (Å²) in [4.78, 5) is 0. The Morgan fingerprint density at radius 1 is 1.67 bits per heavy atom. The fraction of sp³-hybridized carbons (Fsp3) is 1.00. The van der Waals surface area contributed by atoms with Crippen molar-refractivity contribution in [3.05, 3.63) is 0 Å². The second kappa shape index (κ2) is 3.77. The van der Waals surface area contributed by atoms with E-state index in [9.17, 15) is 4.57 Å². The van der Waals surface area contributed by atoms with Crippen molar-refractivity contribution in [2.45, 2.75) is 11.6 Å². The third kappa shape index (κ3) is 4.59. The SMILES string of the molecule is [CH3][Al]([CH3])[O]P=O. The zero-order valence-corrected chi connectivity index (χ0v) is 5.89. The molecule has 0 amide bonds. The van der Waals surface area contributed by atoms with Gasteiger partial charge in [0.25, 0.3) is 8.69 Å². The van der Waals surface area contributed by atoms with Crippen molar-refractivity contribution in [3.8, 4) is 0 Å². The van der Waals surface area contributed by atoms with Gasteiger partial charge in [-0.25, -0.2) is 4.57 Å². The van der Waals surface area contributed by atoms with Crippen LogP contribution >= 0.6 is 8.69 Å². The highest BCUT2D eigenvalue weighted by Gasteiger charge is 2.00. The van der Waals surface area contributed by atoms with E-state index in [4.69, 9.17) is 0 Å². The highest BCUT2D eigenvalue weighted by Crippen LogP contribution is 1.96. The lowest BCUT2D eigenvalue weighted by Gasteiger charge is -1.83. The lowest BCUT2D eigenvalue weighted by Crippen LogP contribution is -1.96. The first-order valence-electron chi connectivity index (χ1n) is 1.76. The zero-order valence-electron chi connectivity index (χ0n) is 3.84. The van der Waals surface area contributed by atoms with Gasteiger partial charge < -0.3 is 3.58 Å². The van der Waals surface area contributed by atoms with Crippen LogP contribution in [0.1, 0.15) is 0 Å². The summed E-state index contributed by atoms with van der Waals surface area (Å²) in [6, 6.07) is 0. The molecule has 0 aliphatic heterocycles. The Balaban J connectivity index is 2.81. The van der Waals surface area contributed by atoms with Crippen molar-refractivity contribution >= 4 is 23.2 Å². The van der Waals surface area contributed by atoms with Crippen LogP contribution in [0.25, 0.3) is 0 Å². The molecule has 0 saturated heterocycles. The van der Waals surface area contributed by atoms with Gasteiger partial charge in [-0.1, -0.05) is 11.6 Å². The second-order valence-corrected chi connectivity index (χ2v) is 4.32. The van der Waals surface area contributed by atoms with E-state index in [0.29, 0.717) is 0 Å². The normalized spacial score (nSPS) is 9.00. The van der Waals surface area contributed by atoms with Gasteiger partial charge in [-0.05, 0) is 0 Å². The molecule has 0 N–H and O–H groups in total. The average molecular weight is 120 g/mol. The minimum absolute atomic E-state index is 0.164. The lowest BCUT2D eigenvalue weighted by atomic mass is 11.9. The fourth-order valence-corrected chi connectivity index (χ4v) is 0.775. The van der Waals surface area contributed by atoms with Crippen molar-refractivity contribution in [3.63, 3.8) is 0 Å². The molecule has 4 heteroatoms. The molecular formula is C2H6AlO2P. The third-order valence-electron chi connectivity index (χ3n) is 0.254. The Kier molecular flexibility index (Phi) is 4.14. The summed E-state index contributed by atoms with van der Waals surface area (Å²) in [6.07, 6.45) is 0. The molecule has 6 heavy (non-hydrogen) atoms. The van der Waals surface area contributed by atoms with Crippen LogP contribution in [0.15, 0.2) is 0 Å². The van der Waals surface area contributed by atoms with Crippen LogP contribution in [-0.2, 0) is 8.14 Å². The summed E-state index contributed by atoms with van der Waals surface area (Å²) < 4.78 is 14.1. The molecule has 34 valence electrons. The van der Waals surface area contributed by atoms with Crippen LogP contribution < -0.4 is 0 Å². The molecule has 0 heterocycles. The molecule has 0 rings (SSSR count). The van der Waals surface area contributed by atoms with Gasteiger partial charge >= 0.3 is 14.5 Å². The predicted molar refractivity (Wildman–Crippen MR) is 26.2 cm³/mol. The van der Waals surface area contributed by atoms with Gasteiger partial charge in [0.1, 0.15) is 0 Å². The van der Waals surface area contributed by atoms with Crippen molar-refractivity contribution in [1.29, 1.82) is 0 Å². The predicted octanol–water partition coefficient (Wildman–Crippen LogP) is 1.46. The quantitative estimate of drug-likeness (QED) is 0.407. The molecule has 0 aromatic carbocycles. The van der Waals surface area contributed by atoms with E-state index in [0.717, 1.165) is 0 Å². The first-order valence-corrected chi connectivity index (χ1v) is 5.27. The Hall–Kier alpha value is 0.592. The van der Waals surface area contributed by atoms with Crippen LogP contribution in [0.3, 0.4) is 0 Å². The maximum atomic E-state index is 9.52. The zero-order chi connectivity index (χ0) is 4.99. The summed E-state index contributed by atoms with van der Waals surface area (Å²) in [6.45, 7) is 0. The number of hydrogen-bond donors (Lipinski definition) is 0. The van der Waals surface area contributed by atoms with Gasteiger partial charge in [0, 0.05) is 0 Å². The fourth-order valence-electron chi connectivity index (χ4n) is 0.0861. The van der Waals surface area contributed by atoms with E-state index in [1.54, 1.807) is 0 Å². The summed E-state index contributed by atoms with van der Waals surface area (Å²) in [5.74, 6) is 3.93. The lowest BCUT2D eigenvalue weighted by molar-refractivity contribution is 0.534. The van der Waals surface area contributed by atoms with Gasteiger partial charge in [-0.2, -0.15) is 0 Å². The molecule has 0 aliphatic rings.